The highest BCUT2D eigenvalue weighted by Crippen LogP contribution is 2.22. The predicted molar refractivity (Wildman–Crippen MR) is 97.7 cm³/mol. The van der Waals surface area contributed by atoms with Crippen molar-refractivity contribution in [1.82, 2.24) is 4.57 Å². The maximum absolute atomic E-state index is 14.2. The number of esters is 1. The first kappa shape index (κ1) is 18.9. The van der Waals surface area contributed by atoms with Crippen molar-refractivity contribution in [3.63, 3.8) is 0 Å². The molecule has 5 nitrogen and oxygen atoms in total. The standard InChI is InChI=1S/C19H16F2N2O3S/c1-3-8-23-16-14(21)9-13(20)10-15(16)27-19(23)22-17(24)11-4-6-12(7-5-11)18(25)26-2/h4-7,9-10H,3,8H2,1-2H3. The Labute approximate surface area is 157 Å². The fourth-order valence-corrected chi connectivity index (χ4v) is 3.76. The number of halogens is 2. The van der Waals surface area contributed by atoms with Crippen LogP contribution in [0.15, 0.2) is 41.4 Å². The zero-order valence-corrected chi connectivity index (χ0v) is 15.5. The number of hydrogen-bond donors (Lipinski definition) is 0. The number of benzene rings is 2. The number of rotatable bonds is 4. The lowest BCUT2D eigenvalue weighted by Gasteiger charge is -2.04. The van der Waals surface area contributed by atoms with Gasteiger partial charge in [-0.3, -0.25) is 4.79 Å². The molecular formula is C19H16F2N2O3S. The first-order valence-corrected chi connectivity index (χ1v) is 9.02. The lowest BCUT2D eigenvalue weighted by Crippen LogP contribution is -2.17. The Bertz CT molecular complexity index is 1080. The van der Waals surface area contributed by atoms with E-state index in [1.54, 1.807) is 4.57 Å². The van der Waals surface area contributed by atoms with Gasteiger partial charge >= 0.3 is 5.97 Å². The third kappa shape index (κ3) is 3.80. The molecule has 2 aromatic carbocycles. The molecule has 27 heavy (non-hydrogen) atoms. The van der Waals surface area contributed by atoms with Crippen LogP contribution in [0.2, 0.25) is 0 Å². The number of fused-ring (bicyclic) bond motifs is 1. The number of aryl methyl sites for hydroxylation is 1. The zero-order valence-electron chi connectivity index (χ0n) is 14.7. The van der Waals surface area contributed by atoms with Gasteiger partial charge in [-0.2, -0.15) is 4.99 Å². The average molecular weight is 390 g/mol. The number of aromatic nitrogens is 1. The van der Waals surface area contributed by atoms with Gasteiger partial charge in [0.1, 0.15) is 5.82 Å². The molecule has 8 heteroatoms. The van der Waals surface area contributed by atoms with E-state index in [9.17, 15) is 18.4 Å². The summed E-state index contributed by atoms with van der Waals surface area (Å²) < 4.78 is 34.3. The molecule has 140 valence electrons. The van der Waals surface area contributed by atoms with Gasteiger partial charge in [0, 0.05) is 18.2 Å². The van der Waals surface area contributed by atoms with E-state index in [0.29, 0.717) is 28.0 Å². The fraction of sp³-hybridized carbons (Fsp3) is 0.211. The third-order valence-corrected chi connectivity index (χ3v) is 4.92. The Morgan fingerprint density at radius 3 is 2.44 bits per heavy atom. The van der Waals surface area contributed by atoms with Gasteiger partial charge in [0.25, 0.3) is 5.91 Å². The molecule has 0 aliphatic rings. The van der Waals surface area contributed by atoms with E-state index < -0.39 is 23.5 Å². The molecule has 0 N–H and O–H groups in total. The zero-order chi connectivity index (χ0) is 19.6. The first-order valence-electron chi connectivity index (χ1n) is 8.20. The van der Waals surface area contributed by atoms with Gasteiger partial charge in [-0.25, -0.2) is 13.6 Å². The Morgan fingerprint density at radius 1 is 1.15 bits per heavy atom. The van der Waals surface area contributed by atoms with Gasteiger partial charge in [0.15, 0.2) is 10.6 Å². The highest BCUT2D eigenvalue weighted by atomic mass is 32.1. The quantitative estimate of drug-likeness (QED) is 0.635. The topological polar surface area (TPSA) is 60.7 Å². The average Bonchev–Trinajstić information content (AvgIpc) is 2.98. The molecule has 0 saturated heterocycles. The molecule has 0 aliphatic carbocycles. The van der Waals surface area contributed by atoms with Crippen molar-refractivity contribution in [3.05, 3.63) is 64.0 Å². The summed E-state index contributed by atoms with van der Waals surface area (Å²) in [5, 5.41) is 0. The molecule has 3 aromatic rings. The van der Waals surface area contributed by atoms with Crippen molar-refractivity contribution in [1.29, 1.82) is 0 Å². The molecular weight excluding hydrogens is 374 g/mol. The largest absolute Gasteiger partial charge is 0.465 e. The Morgan fingerprint density at radius 2 is 1.81 bits per heavy atom. The highest BCUT2D eigenvalue weighted by molar-refractivity contribution is 7.16. The molecule has 1 heterocycles. The van der Waals surface area contributed by atoms with Crippen molar-refractivity contribution < 1.29 is 23.1 Å². The van der Waals surface area contributed by atoms with Gasteiger partial charge in [-0.15, -0.1) is 0 Å². The van der Waals surface area contributed by atoms with Gasteiger partial charge in [-0.05, 0) is 36.8 Å². The van der Waals surface area contributed by atoms with Crippen LogP contribution in [0.4, 0.5) is 8.78 Å². The molecule has 0 atom stereocenters. The molecule has 0 bridgehead atoms. The summed E-state index contributed by atoms with van der Waals surface area (Å²) in [6, 6.07) is 7.91. The first-order chi connectivity index (χ1) is 12.9. The summed E-state index contributed by atoms with van der Waals surface area (Å²) in [7, 11) is 1.27. The fourth-order valence-electron chi connectivity index (χ4n) is 2.66. The van der Waals surface area contributed by atoms with Gasteiger partial charge in [0.05, 0.1) is 22.9 Å². The Hall–Kier alpha value is -2.87. The smallest absolute Gasteiger partial charge is 0.337 e. The summed E-state index contributed by atoms with van der Waals surface area (Å²) in [6.45, 7) is 2.35. The summed E-state index contributed by atoms with van der Waals surface area (Å²) >= 11 is 1.05. The minimum atomic E-state index is -0.689. The molecule has 0 aliphatic heterocycles. The lowest BCUT2D eigenvalue weighted by molar-refractivity contribution is 0.0600. The van der Waals surface area contributed by atoms with Crippen molar-refractivity contribution in [2.24, 2.45) is 4.99 Å². The number of methoxy groups -OCH3 is 1. The van der Waals surface area contributed by atoms with Crippen LogP contribution in [0.3, 0.4) is 0 Å². The summed E-state index contributed by atoms with van der Waals surface area (Å²) in [6.07, 6.45) is 0.692. The van der Waals surface area contributed by atoms with Gasteiger partial charge in [-0.1, -0.05) is 18.3 Å². The maximum Gasteiger partial charge on any atom is 0.337 e. The van der Waals surface area contributed by atoms with Crippen LogP contribution in [-0.4, -0.2) is 23.6 Å². The number of ether oxygens (including phenoxy) is 1. The maximum atomic E-state index is 14.2. The third-order valence-electron chi connectivity index (χ3n) is 3.89. The molecule has 1 amide bonds. The van der Waals surface area contributed by atoms with Gasteiger partial charge in [0.2, 0.25) is 0 Å². The Balaban J connectivity index is 2.06. The minimum absolute atomic E-state index is 0.232. The monoisotopic (exact) mass is 390 g/mol. The molecule has 0 unspecified atom stereocenters. The number of nitrogens with zero attached hydrogens (tertiary/aromatic N) is 2. The second-order valence-corrected chi connectivity index (χ2v) is 6.77. The molecule has 0 saturated carbocycles. The number of amides is 1. The summed E-state index contributed by atoms with van der Waals surface area (Å²) in [5.41, 5.74) is 0.820. The van der Waals surface area contributed by atoms with Crippen LogP contribution in [0.25, 0.3) is 10.2 Å². The number of hydrogen-bond acceptors (Lipinski definition) is 4. The van der Waals surface area contributed by atoms with Crippen LogP contribution in [-0.2, 0) is 11.3 Å². The van der Waals surface area contributed by atoms with Crippen molar-refractivity contribution in [2.75, 3.05) is 7.11 Å². The van der Waals surface area contributed by atoms with Crippen LogP contribution in [0, 0.1) is 11.6 Å². The molecule has 0 spiro atoms. The van der Waals surface area contributed by atoms with E-state index in [-0.39, 0.29) is 11.1 Å². The summed E-state index contributed by atoms with van der Waals surface area (Å²) in [5.74, 6) is -2.41. The van der Waals surface area contributed by atoms with Crippen molar-refractivity contribution >= 4 is 33.4 Å². The van der Waals surface area contributed by atoms with Crippen LogP contribution < -0.4 is 4.80 Å². The van der Waals surface area contributed by atoms with E-state index in [0.717, 1.165) is 17.4 Å². The second kappa shape index (κ2) is 7.79. The van der Waals surface area contributed by atoms with E-state index in [2.05, 4.69) is 9.73 Å². The normalized spacial score (nSPS) is 11.8. The van der Waals surface area contributed by atoms with E-state index in [4.69, 9.17) is 0 Å². The minimum Gasteiger partial charge on any atom is -0.465 e. The van der Waals surface area contributed by atoms with Crippen molar-refractivity contribution in [2.45, 2.75) is 19.9 Å². The molecule has 3 rings (SSSR count). The number of carbonyl (C=O) groups excluding carboxylic acids is 2. The SMILES string of the molecule is CCCn1c(=NC(=O)c2ccc(C(=O)OC)cc2)sc2cc(F)cc(F)c21. The van der Waals surface area contributed by atoms with E-state index >= 15 is 0 Å². The van der Waals surface area contributed by atoms with E-state index in [1.165, 1.54) is 37.4 Å². The van der Waals surface area contributed by atoms with Crippen LogP contribution in [0.5, 0.6) is 0 Å². The number of carbonyl (C=O) groups is 2. The van der Waals surface area contributed by atoms with Crippen LogP contribution in [0.1, 0.15) is 34.1 Å². The number of thiazole rings is 1. The predicted octanol–water partition coefficient (Wildman–Crippen LogP) is 3.92. The highest BCUT2D eigenvalue weighted by Gasteiger charge is 2.14. The molecule has 0 fully saturated rings. The summed E-state index contributed by atoms with van der Waals surface area (Å²) in [4.78, 5) is 28.3. The molecule has 0 radical (unpaired) electrons. The van der Waals surface area contributed by atoms with Crippen LogP contribution >= 0.6 is 11.3 Å². The van der Waals surface area contributed by atoms with Gasteiger partial charge < -0.3 is 9.30 Å². The molecule has 1 aromatic heterocycles. The van der Waals surface area contributed by atoms with Crippen molar-refractivity contribution in [3.8, 4) is 0 Å². The Kier molecular flexibility index (Phi) is 5.46. The second-order valence-electron chi connectivity index (χ2n) is 5.76. The van der Waals surface area contributed by atoms with E-state index in [1.807, 2.05) is 6.92 Å². The lowest BCUT2D eigenvalue weighted by atomic mass is 10.1.